The van der Waals surface area contributed by atoms with Gasteiger partial charge in [0.05, 0.1) is 12.6 Å². The lowest BCUT2D eigenvalue weighted by Gasteiger charge is -2.41. The maximum Gasteiger partial charge on any atom is 0.573 e. The first-order valence-electron chi connectivity index (χ1n) is 9.32. The van der Waals surface area contributed by atoms with Gasteiger partial charge in [-0.15, -0.1) is 13.2 Å². The number of aromatic amines is 1. The number of nitrogens with one attached hydrogen (secondary N) is 1. The largest absolute Gasteiger partial charge is 0.573 e. The predicted octanol–water partition coefficient (Wildman–Crippen LogP) is 6.43. The Morgan fingerprint density at radius 3 is 2.63 bits per heavy atom. The molecule has 2 aromatic carbocycles. The van der Waals surface area contributed by atoms with E-state index in [0.717, 1.165) is 16.5 Å². The molecule has 0 spiro atoms. The first-order chi connectivity index (χ1) is 14.1. The highest BCUT2D eigenvalue weighted by Gasteiger charge is 2.40. The van der Waals surface area contributed by atoms with Gasteiger partial charge in [-0.1, -0.05) is 40.2 Å². The molecule has 0 fully saturated rings. The molecular weight excluding hydrogens is 471 g/mol. The normalized spacial score (nSPS) is 20.0. The third kappa shape index (κ3) is 4.05. The molecule has 0 bridgehead atoms. The summed E-state index contributed by atoms with van der Waals surface area (Å²) in [5, 5.41) is 0.941. The van der Waals surface area contributed by atoms with Crippen LogP contribution in [-0.4, -0.2) is 35.3 Å². The highest BCUT2D eigenvalue weighted by atomic mass is 79.9. The van der Waals surface area contributed by atoms with Gasteiger partial charge in [-0.3, -0.25) is 4.90 Å². The van der Waals surface area contributed by atoms with Crippen molar-refractivity contribution in [2.24, 2.45) is 0 Å². The summed E-state index contributed by atoms with van der Waals surface area (Å²) in [6.45, 7) is 1.24. The molecule has 0 saturated carbocycles. The van der Waals surface area contributed by atoms with Crippen molar-refractivity contribution in [1.82, 2.24) is 9.88 Å². The SMILES string of the molecule is C[C@@H]1Cc2c([nH]c3ccccc23)[C@@H](c2ccc(Br)cc2OC(F)(F)F)N1CC(F)F. The van der Waals surface area contributed by atoms with Crippen LogP contribution in [-0.2, 0) is 6.42 Å². The van der Waals surface area contributed by atoms with Crippen molar-refractivity contribution in [3.8, 4) is 5.75 Å². The van der Waals surface area contributed by atoms with E-state index < -0.39 is 31.1 Å². The summed E-state index contributed by atoms with van der Waals surface area (Å²) in [4.78, 5) is 4.79. The molecule has 0 unspecified atom stereocenters. The number of ether oxygens (including phenoxy) is 1. The van der Waals surface area contributed by atoms with Crippen LogP contribution in [0.15, 0.2) is 46.9 Å². The maximum atomic E-state index is 13.4. The Labute approximate surface area is 177 Å². The van der Waals surface area contributed by atoms with Crippen LogP contribution in [0, 0.1) is 0 Å². The number of rotatable bonds is 4. The number of alkyl halides is 5. The first kappa shape index (κ1) is 21.1. The Balaban J connectivity index is 1.93. The summed E-state index contributed by atoms with van der Waals surface area (Å²) in [5.74, 6) is -0.417. The molecule has 30 heavy (non-hydrogen) atoms. The molecule has 0 amide bonds. The van der Waals surface area contributed by atoms with Crippen molar-refractivity contribution in [3.05, 3.63) is 63.8 Å². The fourth-order valence-corrected chi connectivity index (χ4v) is 4.57. The van der Waals surface area contributed by atoms with E-state index in [-0.39, 0.29) is 11.6 Å². The van der Waals surface area contributed by atoms with E-state index in [0.29, 0.717) is 16.6 Å². The maximum absolute atomic E-state index is 13.4. The smallest absolute Gasteiger partial charge is 0.405 e. The van der Waals surface area contributed by atoms with Crippen molar-refractivity contribution in [1.29, 1.82) is 0 Å². The second-order valence-electron chi connectivity index (χ2n) is 7.34. The van der Waals surface area contributed by atoms with Crippen LogP contribution in [0.4, 0.5) is 22.0 Å². The molecule has 1 aromatic heterocycles. The molecule has 0 saturated heterocycles. The summed E-state index contributed by atoms with van der Waals surface area (Å²) in [6.07, 6.45) is -7.04. The van der Waals surface area contributed by atoms with E-state index in [4.69, 9.17) is 0 Å². The average Bonchev–Trinajstić information content (AvgIpc) is 3.00. The van der Waals surface area contributed by atoms with E-state index in [1.54, 1.807) is 6.07 Å². The monoisotopic (exact) mass is 488 g/mol. The summed E-state index contributed by atoms with van der Waals surface area (Å²) in [7, 11) is 0. The molecule has 160 valence electrons. The highest BCUT2D eigenvalue weighted by Crippen LogP contribution is 2.45. The van der Waals surface area contributed by atoms with Crippen LogP contribution < -0.4 is 4.74 Å². The molecule has 3 aromatic rings. The Hall–Kier alpha value is -2.13. The number of para-hydroxylation sites is 1. The molecule has 2 atom stereocenters. The lowest BCUT2D eigenvalue weighted by atomic mass is 9.88. The van der Waals surface area contributed by atoms with Gasteiger partial charge in [-0.25, -0.2) is 8.78 Å². The number of benzene rings is 2. The van der Waals surface area contributed by atoms with Gasteiger partial charge in [0, 0.05) is 32.7 Å². The number of nitrogens with zero attached hydrogens (tertiary/aromatic N) is 1. The van der Waals surface area contributed by atoms with Crippen molar-refractivity contribution >= 4 is 26.8 Å². The van der Waals surface area contributed by atoms with Gasteiger partial charge >= 0.3 is 6.36 Å². The van der Waals surface area contributed by atoms with E-state index in [1.165, 1.54) is 17.0 Å². The van der Waals surface area contributed by atoms with Crippen molar-refractivity contribution < 1.29 is 26.7 Å². The molecule has 2 heterocycles. The number of hydrogen-bond donors (Lipinski definition) is 1. The zero-order valence-corrected chi connectivity index (χ0v) is 17.4. The second kappa shape index (κ2) is 7.85. The van der Waals surface area contributed by atoms with Crippen LogP contribution in [0.2, 0.25) is 0 Å². The Morgan fingerprint density at radius 1 is 1.20 bits per heavy atom. The number of H-pyrrole nitrogens is 1. The van der Waals surface area contributed by atoms with E-state index >= 15 is 0 Å². The minimum atomic E-state index is -4.91. The van der Waals surface area contributed by atoms with E-state index in [9.17, 15) is 22.0 Å². The fourth-order valence-electron chi connectivity index (χ4n) is 4.23. The zero-order chi connectivity index (χ0) is 21.6. The first-order valence-corrected chi connectivity index (χ1v) is 10.1. The standard InChI is InChI=1S/C21H18BrF5N2O/c1-11-8-15-13-4-2-3-5-16(13)28-19(15)20(29(11)10-18(23)24)14-7-6-12(22)9-17(14)30-21(25,26)27/h2-7,9,11,18,20,28H,8,10H2,1H3/t11-,20-/m1/s1. The molecular formula is C21H18BrF5N2O. The van der Waals surface area contributed by atoms with Gasteiger partial charge in [0.25, 0.3) is 6.43 Å². The third-order valence-corrected chi connectivity index (χ3v) is 5.86. The molecule has 1 N–H and O–H groups in total. The Bertz CT molecular complexity index is 1070. The van der Waals surface area contributed by atoms with Gasteiger partial charge in [0.2, 0.25) is 0 Å². The topological polar surface area (TPSA) is 28.3 Å². The van der Waals surface area contributed by atoms with Crippen molar-refractivity contribution in [2.45, 2.75) is 38.2 Å². The molecule has 3 nitrogen and oxygen atoms in total. The lowest BCUT2D eigenvalue weighted by molar-refractivity contribution is -0.275. The summed E-state index contributed by atoms with van der Waals surface area (Å²) >= 11 is 3.17. The predicted molar refractivity (Wildman–Crippen MR) is 107 cm³/mol. The Morgan fingerprint density at radius 2 is 1.93 bits per heavy atom. The van der Waals surface area contributed by atoms with Crippen LogP contribution in [0.1, 0.15) is 29.8 Å². The fraction of sp³-hybridized carbons (Fsp3) is 0.333. The van der Waals surface area contributed by atoms with Gasteiger partial charge in [-0.05, 0) is 37.1 Å². The minimum absolute atomic E-state index is 0.176. The molecule has 0 radical (unpaired) electrons. The quantitative estimate of drug-likeness (QED) is 0.428. The summed E-state index contributed by atoms with van der Waals surface area (Å²) in [5.41, 5.74) is 2.53. The van der Waals surface area contributed by atoms with Gasteiger partial charge < -0.3 is 9.72 Å². The van der Waals surface area contributed by atoms with Crippen LogP contribution >= 0.6 is 15.9 Å². The van der Waals surface area contributed by atoms with E-state index in [1.807, 2.05) is 31.2 Å². The Kier molecular flexibility index (Phi) is 5.52. The van der Waals surface area contributed by atoms with Crippen molar-refractivity contribution in [3.63, 3.8) is 0 Å². The molecule has 4 rings (SSSR count). The molecule has 1 aliphatic heterocycles. The van der Waals surface area contributed by atoms with Crippen LogP contribution in [0.25, 0.3) is 10.9 Å². The van der Waals surface area contributed by atoms with Crippen LogP contribution in [0.5, 0.6) is 5.75 Å². The van der Waals surface area contributed by atoms with Crippen molar-refractivity contribution in [2.75, 3.05) is 6.54 Å². The van der Waals surface area contributed by atoms with Gasteiger partial charge in [0.15, 0.2) is 0 Å². The molecule has 0 aliphatic carbocycles. The number of fused-ring (bicyclic) bond motifs is 3. The van der Waals surface area contributed by atoms with E-state index in [2.05, 4.69) is 25.7 Å². The second-order valence-corrected chi connectivity index (χ2v) is 8.25. The summed E-state index contributed by atoms with van der Waals surface area (Å²) < 4.78 is 70.8. The minimum Gasteiger partial charge on any atom is -0.405 e. The highest BCUT2D eigenvalue weighted by molar-refractivity contribution is 9.10. The molecule has 1 aliphatic rings. The molecule has 9 heteroatoms. The van der Waals surface area contributed by atoms with Gasteiger partial charge in [0.1, 0.15) is 5.75 Å². The number of aromatic nitrogens is 1. The summed E-state index contributed by atoms with van der Waals surface area (Å²) in [6, 6.07) is 10.6. The average molecular weight is 489 g/mol. The van der Waals surface area contributed by atoms with Crippen LogP contribution in [0.3, 0.4) is 0 Å². The lowest BCUT2D eigenvalue weighted by Crippen LogP contribution is -2.45. The van der Waals surface area contributed by atoms with Gasteiger partial charge in [-0.2, -0.15) is 0 Å². The number of hydrogen-bond acceptors (Lipinski definition) is 2. The number of halogens is 6. The zero-order valence-electron chi connectivity index (χ0n) is 15.8. The third-order valence-electron chi connectivity index (χ3n) is 5.36.